The molecule has 3 N–H and O–H groups in total. The highest BCUT2D eigenvalue weighted by Crippen LogP contribution is 2.37. The van der Waals surface area contributed by atoms with Crippen LogP contribution in [0.25, 0.3) is 0 Å². The third-order valence-electron chi connectivity index (χ3n) is 6.68. The van der Waals surface area contributed by atoms with Gasteiger partial charge in [0.15, 0.2) is 0 Å². The van der Waals surface area contributed by atoms with Gasteiger partial charge in [0.1, 0.15) is 5.75 Å². The number of amides is 4. The van der Waals surface area contributed by atoms with E-state index in [0.29, 0.717) is 22.3 Å². The number of benzene rings is 2. The number of rotatable bonds is 1. The van der Waals surface area contributed by atoms with Crippen LogP contribution in [0.3, 0.4) is 0 Å². The monoisotopic (exact) mass is 464 g/mol. The average molecular weight is 464 g/mol. The Morgan fingerprint density at radius 1 is 0.676 bits per heavy atom. The minimum Gasteiger partial charge on any atom is -0.508 e. The van der Waals surface area contributed by atoms with Gasteiger partial charge < -0.3 is 14.4 Å². The summed E-state index contributed by atoms with van der Waals surface area (Å²) in [4.78, 5) is 45.7. The van der Waals surface area contributed by atoms with Crippen molar-refractivity contribution in [2.75, 3.05) is 0 Å². The van der Waals surface area contributed by atoms with Gasteiger partial charge in [0.25, 0.3) is 23.6 Å². The first-order valence-corrected chi connectivity index (χ1v) is 10.8. The molecule has 0 aromatic heterocycles. The molecule has 1 fully saturated rings. The summed E-state index contributed by atoms with van der Waals surface area (Å²) in [7, 11) is -0.538. The molecule has 10 heteroatoms. The van der Waals surface area contributed by atoms with Crippen molar-refractivity contribution in [3.05, 3.63) is 57.6 Å². The predicted octanol–water partition coefficient (Wildman–Crippen LogP) is 1.76. The van der Waals surface area contributed by atoms with Gasteiger partial charge in [-0.15, -0.1) is 0 Å². The molecule has 4 amide bonds. The van der Waals surface area contributed by atoms with Crippen molar-refractivity contribution in [1.82, 2.24) is 10.6 Å². The second-order valence-corrected chi connectivity index (χ2v) is 9.59. The van der Waals surface area contributed by atoms with E-state index in [1.807, 2.05) is 34.6 Å². The van der Waals surface area contributed by atoms with Crippen molar-refractivity contribution in [3.8, 4) is 5.75 Å². The van der Waals surface area contributed by atoms with Crippen molar-refractivity contribution in [2.24, 2.45) is 0 Å². The number of nitrogens with one attached hydrogen (secondary N) is 2. The maximum atomic E-state index is 11.8. The lowest BCUT2D eigenvalue weighted by molar-refractivity contribution is 0.00578. The van der Waals surface area contributed by atoms with Gasteiger partial charge in [-0.05, 0) is 76.8 Å². The lowest BCUT2D eigenvalue weighted by Gasteiger charge is -2.32. The molecule has 2 aromatic carbocycles. The van der Waals surface area contributed by atoms with E-state index in [9.17, 15) is 24.3 Å². The number of carbonyl (C=O) groups is 4. The standard InChI is InChI=1S/C15H18BNO4.C9H7NO3/c1-8-6-9-10(13(19)17-12(9)18)7-11(8)16-20-14(2,3)15(4,5)21-16;1-4-2-5-6(3-7(4)11)9(13)10-8(5)12/h6-7H,1-5H3,(H,17,18,19);2-3,11H,1H3,(H,10,12,13). The van der Waals surface area contributed by atoms with E-state index in [1.165, 1.54) is 12.1 Å². The van der Waals surface area contributed by atoms with E-state index in [2.05, 4.69) is 10.6 Å². The number of phenolic OH excluding ortho intramolecular Hbond substituents is 1. The highest BCUT2D eigenvalue weighted by Gasteiger charge is 2.52. The van der Waals surface area contributed by atoms with Crippen LogP contribution in [-0.2, 0) is 9.31 Å². The summed E-state index contributed by atoms with van der Waals surface area (Å²) in [5.74, 6) is -1.53. The molecule has 0 bridgehead atoms. The number of hydrogen-bond acceptors (Lipinski definition) is 7. The molecule has 9 nitrogen and oxygen atoms in total. The number of aryl methyl sites for hydroxylation is 2. The topological polar surface area (TPSA) is 131 Å². The minimum absolute atomic E-state index is 0.0311. The average Bonchev–Trinajstić information content (AvgIpc) is 3.24. The second kappa shape index (κ2) is 7.78. The molecule has 1 saturated heterocycles. The number of fused-ring (bicyclic) bond motifs is 2. The molecule has 0 spiro atoms. The van der Waals surface area contributed by atoms with Crippen LogP contribution in [0.5, 0.6) is 5.75 Å². The van der Waals surface area contributed by atoms with Gasteiger partial charge >= 0.3 is 7.12 Å². The first-order valence-electron chi connectivity index (χ1n) is 10.8. The first kappa shape index (κ1) is 23.7. The smallest absolute Gasteiger partial charge is 0.495 e. The largest absolute Gasteiger partial charge is 0.508 e. The fourth-order valence-corrected chi connectivity index (χ4v) is 3.87. The lowest BCUT2D eigenvalue weighted by Crippen LogP contribution is -2.41. The molecular weight excluding hydrogens is 439 g/mol. The molecule has 0 atom stereocenters. The van der Waals surface area contributed by atoms with Crippen LogP contribution in [0.4, 0.5) is 0 Å². The molecule has 0 saturated carbocycles. The zero-order valence-corrected chi connectivity index (χ0v) is 19.8. The Morgan fingerprint density at radius 2 is 1.06 bits per heavy atom. The molecule has 2 aromatic rings. The summed E-state index contributed by atoms with van der Waals surface area (Å²) in [5.41, 5.74) is 2.74. The summed E-state index contributed by atoms with van der Waals surface area (Å²) in [6, 6.07) is 6.23. The normalized spacial score (nSPS) is 19.3. The van der Waals surface area contributed by atoms with Crippen LogP contribution < -0.4 is 16.1 Å². The number of aromatic hydroxyl groups is 1. The molecule has 3 aliphatic heterocycles. The maximum absolute atomic E-state index is 11.8. The number of hydrogen-bond donors (Lipinski definition) is 3. The zero-order valence-electron chi connectivity index (χ0n) is 19.8. The Hall–Kier alpha value is -3.50. The number of carbonyl (C=O) groups excluding carboxylic acids is 4. The van der Waals surface area contributed by atoms with Crippen LogP contribution in [-0.4, -0.2) is 47.1 Å². The molecule has 3 aliphatic rings. The summed E-state index contributed by atoms with van der Waals surface area (Å²) >= 11 is 0. The van der Waals surface area contributed by atoms with Gasteiger partial charge in [0.05, 0.1) is 33.5 Å². The highest BCUT2D eigenvalue weighted by atomic mass is 16.7. The zero-order chi connectivity index (χ0) is 25.2. The van der Waals surface area contributed by atoms with E-state index in [4.69, 9.17) is 9.31 Å². The van der Waals surface area contributed by atoms with Crippen LogP contribution in [0, 0.1) is 13.8 Å². The molecule has 0 unspecified atom stereocenters. The highest BCUT2D eigenvalue weighted by molar-refractivity contribution is 6.63. The summed E-state index contributed by atoms with van der Waals surface area (Å²) < 4.78 is 12.0. The third-order valence-corrected chi connectivity index (χ3v) is 6.68. The van der Waals surface area contributed by atoms with E-state index in [0.717, 1.165) is 11.0 Å². The third kappa shape index (κ3) is 3.78. The van der Waals surface area contributed by atoms with Crippen LogP contribution in [0.2, 0.25) is 0 Å². The van der Waals surface area contributed by atoms with Gasteiger partial charge in [0.2, 0.25) is 0 Å². The number of imide groups is 2. The van der Waals surface area contributed by atoms with Crippen molar-refractivity contribution in [2.45, 2.75) is 52.7 Å². The predicted molar refractivity (Wildman–Crippen MR) is 123 cm³/mol. The lowest BCUT2D eigenvalue weighted by atomic mass is 9.75. The minimum atomic E-state index is -0.538. The fraction of sp³-hybridized carbons (Fsp3) is 0.333. The fourth-order valence-electron chi connectivity index (χ4n) is 3.87. The van der Waals surface area contributed by atoms with Crippen molar-refractivity contribution in [1.29, 1.82) is 0 Å². The van der Waals surface area contributed by atoms with Crippen molar-refractivity contribution >= 4 is 36.2 Å². The maximum Gasteiger partial charge on any atom is 0.495 e. The summed E-state index contributed by atoms with van der Waals surface area (Å²) in [5, 5.41) is 13.7. The van der Waals surface area contributed by atoms with Gasteiger partial charge in [-0.1, -0.05) is 5.56 Å². The molecule has 5 rings (SSSR count). The van der Waals surface area contributed by atoms with E-state index in [1.54, 1.807) is 19.1 Å². The quantitative estimate of drug-likeness (QED) is 0.433. The second-order valence-electron chi connectivity index (χ2n) is 9.59. The van der Waals surface area contributed by atoms with Crippen molar-refractivity contribution in [3.63, 3.8) is 0 Å². The molecule has 176 valence electrons. The molecular formula is C24H25BN2O7. The number of phenols is 1. The Labute approximate surface area is 197 Å². The molecule has 34 heavy (non-hydrogen) atoms. The Bertz CT molecular complexity index is 1230. The molecule has 0 aliphatic carbocycles. The Kier molecular flexibility index (Phi) is 5.41. The van der Waals surface area contributed by atoms with E-state index >= 15 is 0 Å². The SMILES string of the molecule is Cc1cc2c(cc1B1OC(C)(C)C(C)(C)O1)C(=O)NC2=O.Cc1cc2c(cc1O)C(=O)NC2=O. The molecule has 3 heterocycles. The first-order chi connectivity index (χ1) is 15.7. The Balaban J connectivity index is 0.000000180. The van der Waals surface area contributed by atoms with Crippen LogP contribution in [0.1, 0.15) is 80.3 Å². The van der Waals surface area contributed by atoms with Gasteiger partial charge in [0, 0.05) is 0 Å². The van der Waals surface area contributed by atoms with Crippen LogP contribution >= 0.6 is 0 Å². The van der Waals surface area contributed by atoms with Gasteiger partial charge in [-0.25, -0.2) is 0 Å². The van der Waals surface area contributed by atoms with E-state index < -0.39 is 30.1 Å². The van der Waals surface area contributed by atoms with Gasteiger partial charge in [-0.3, -0.25) is 29.8 Å². The Morgan fingerprint density at radius 3 is 1.53 bits per heavy atom. The van der Waals surface area contributed by atoms with Crippen molar-refractivity contribution < 1.29 is 33.6 Å². The summed E-state index contributed by atoms with van der Waals surface area (Å²) in [6.45, 7) is 11.5. The molecule has 0 radical (unpaired) electrons. The van der Waals surface area contributed by atoms with E-state index in [-0.39, 0.29) is 23.1 Å². The van der Waals surface area contributed by atoms with Crippen LogP contribution in [0.15, 0.2) is 24.3 Å². The van der Waals surface area contributed by atoms with Gasteiger partial charge in [-0.2, -0.15) is 0 Å². The summed E-state index contributed by atoms with van der Waals surface area (Å²) in [6.07, 6.45) is 0.